The van der Waals surface area contributed by atoms with Gasteiger partial charge in [-0.2, -0.15) is 5.10 Å². The molecule has 0 radical (unpaired) electrons. The van der Waals surface area contributed by atoms with Crippen LogP contribution in [0.4, 0.5) is 16.2 Å². The van der Waals surface area contributed by atoms with Gasteiger partial charge in [0.2, 0.25) is 0 Å². The average Bonchev–Trinajstić information content (AvgIpc) is 3.01. The SMILES string of the molecule is CCC(C)C1=NN(C(C)C)C(=O)N(c2ccc(C=O)cc2)c2cc(C)c(OCc3ccccc3)cc21. The molecular formula is C30H33N3O3. The first-order valence-corrected chi connectivity index (χ1v) is 12.4. The number of nitrogens with zero attached hydrogens (tertiary/aromatic N) is 3. The zero-order valence-electron chi connectivity index (χ0n) is 21.6. The summed E-state index contributed by atoms with van der Waals surface area (Å²) in [5.74, 6) is 0.884. The zero-order chi connectivity index (χ0) is 25.8. The number of aryl methyl sites for hydroxylation is 1. The van der Waals surface area contributed by atoms with Crippen LogP contribution in [-0.2, 0) is 6.61 Å². The van der Waals surface area contributed by atoms with Crippen LogP contribution in [0.2, 0.25) is 0 Å². The highest BCUT2D eigenvalue weighted by atomic mass is 16.5. The first kappa shape index (κ1) is 25.2. The van der Waals surface area contributed by atoms with E-state index >= 15 is 0 Å². The number of carbonyl (C=O) groups is 2. The van der Waals surface area contributed by atoms with Gasteiger partial charge in [-0.1, -0.05) is 44.2 Å². The fourth-order valence-corrected chi connectivity index (χ4v) is 4.22. The minimum Gasteiger partial charge on any atom is -0.489 e. The van der Waals surface area contributed by atoms with Crippen molar-refractivity contribution >= 4 is 29.4 Å². The molecule has 6 nitrogen and oxygen atoms in total. The molecule has 0 fully saturated rings. The number of ether oxygens (including phenoxy) is 1. The number of benzene rings is 3. The lowest BCUT2D eigenvalue weighted by molar-refractivity contribution is 0.112. The summed E-state index contributed by atoms with van der Waals surface area (Å²) < 4.78 is 6.25. The Kier molecular flexibility index (Phi) is 7.53. The van der Waals surface area contributed by atoms with Crippen LogP contribution in [-0.4, -0.2) is 29.1 Å². The van der Waals surface area contributed by atoms with Gasteiger partial charge in [0.25, 0.3) is 0 Å². The average molecular weight is 484 g/mol. The van der Waals surface area contributed by atoms with Crippen LogP contribution >= 0.6 is 0 Å². The monoisotopic (exact) mass is 483 g/mol. The lowest BCUT2D eigenvalue weighted by atomic mass is 9.93. The summed E-state index contributed by atoms with van der Waals surface area (Å²) in [7, 11) is 0. The van der Waals surface area contributed by atoms with Crippen molar-refractivity contribution in [2.75, 3.05) is 4.90 Å². The molecule has 1 aliphatic heterocycles. The number of hydrogen-bond acceptors (Lipinski definition) is 4. The number of amides is 2. The molecule has 3 aromatic carbocycles. The molecule has 0 spiro atoms. The highest BCUT2D eigenvalue weighted by molar-refractivity contribution is 6.14. The van der Waals surface area contributed by atoms with Gasteiger partial charge < -0.3 is 4.74 Å². The number of rotatable bonds is 8. The van der Waals surface area contributed by atoms with Gasteiger partial charge in [0.15, 0.2) is 0 Å². The minimum absolute atomic E-state index is 0.125. The van der Waals surface area contributed by atoms with Crippen LogP contribution in [0.25, 0.3) is 0 Å². The Morgan fingerprint density at radius 2 is 1.69 bits per heavy atom. The molecule has 1 atom stereocenters. The Balaban J connectivity index is 1.88. The molecular weight excluding hydrogens is 450 g/mol. The second-order valence-electron chi connectivity index (χ2n) is 9.47. The summed E-state index contributed by atoms with van der Waals surface area (Å²) in [4.78, 5) is 26.8. The van der Waals surface area contributed by atoms with Crippen molar-refractivity contribution in [3.05, 3.63) is 89.0 Å². The van der Waals surface area contributed by atoms with Gasteiger partial charge in [0.1, 0.15) is 18.6 Å². The zero-order valence-corrected chi connectivity index (χ0v) is 21.6. The smallest absolute Gasteiger partial charge is 0.349 e. The van der Waals surface area contributed by atoms with E-state index in [4.69, 9.17) is 9.84 Å². The normalized spacial score (nSPS) is 14.3. The number of anilines is 2. The van der Waals surface area contributed by atoms with Crippen LogP contribution < -0.4 is 9.64 Å². The molecule has 0 aromatic heterocycles. The topological polar surface area (TPSA) is 62.2 Å². The summed E-state index contributed by atoms with van der Waals surface area (Å²) in [6.07, 6.45) is 1.67. The van der Waals surface area contributed by atoms with Gasteiger partial charge in [-0.05, 0) is 74.7 Å². The van der Waals surface area contributed by atoms with Gasteiger partial charge in [-0.25, -0.2) is 9.80 Å². The molecule has 6 heteroatoms. The number of hydrazone groups is 1. The van der Waals surface area contributed by atoms with Crippen molar-refractivity contribution in [2.24, 2.45) is 11.0 Å². The minimum atomic E-state index is -0.235. The van der Waals surface area contributed by atoms with Crippen LogP contribution in [0.1, 0.15) is 61.2 Å². The first-order valence-electron chi connectivity index (χ1n) is 12.4. The van der Waals surface area contributed by atoms with E-state index in [1.165, 1.54) is 0 Å². The molecule has 1 heterocycles. The molecule has 0 aliphatic carbocycles. The van der Waals surface area contributed by atoms with Gasteiger partial charge in [0.05, 0.1) is 23.1 Å². The largest absolute Gasteiger partial charge is 0.489 e. The Hall–Kier alpha value is -3.93. The predicted molar refractivity (Wildman–Crippen MR) is 144 cm³/mol. The quantitative estimate of drug-likeness (QED) is 0.321. The number of carbonyl (C=O) groups excluding carboxylic acids is 2. The summed E-state index contributed by atoms with van der Waals surface area (Å²) in [5.41, 5.74) is 5.72. The molecule has 1 aliphatic rings. The van der Waals surface area contributed by atoms with E-state index in [0.717, 1.165) is 46.5 Å². The number of aldehydes is 1. The summed E-state index contributed by atoms with van der Waals surface area (Å²) in [6, 6.07) is 20.7. The molecule has 0 saturated heterocycles. The van der Waals surface area contributed by atoms with Gasteiger partial charge in [-0.15, -0.1) is 0 Å². The molecule has 0 saturated carbocycles. The molecule has 4 rings (SSSR count). The third kappa shape index (κ3) is 5.03. The van der Waals surface area contributed by atoms with Crippen molar-refractivity contribution in [2.45, 2.75) is 53.7 Å². The van der Waals surface area contributed by atoms with E-state index < -0.39 is 0 Å². The van der Waals surface area contributed by atoms with Crippen LogP contribution in [0, 0.1) is 12.8 Å². The van der Waals surface area contributed by atoms with Crippen LogP contribution in [0.15, 0.2) is 71.8 Å². The lowest BCUT2D eigenvalue weighted by Crippen LogP contribution is -2.41. The number of urea groups is 1. The predicted octanol–water partition coefficient (Wildman–Crippen LogP) is 7.12. The fraction of sp³-hybridized carbons (Fsp3) is 0.300. The Morgan fingerprint density at radius 1 is 1.00 bits per heavy atom. The van der Waals surface area contributed by atoms with E-state index in [0.29, 0.717) is 17.9 Å². The van der Waals surface area contributed by atoms with Crippen molar-refractivity contribution in [1.82, 2.24) is 5.01 Å². The third-order valence-electron chi connectivity index (χ3n) is 6.51. The van der Waals surface area contributed by atoms with Gasteiger partial charge >= 0.3 is 6.03 Å². The molecule has 186 valence electrons. The molecule has 2 amide bonds. The highest BCUT2D eigenvalue weighted by Crippen LogP contribution is 2.39. The number of hydrogen-bond donors (Lipinski definition) is 0. The fourth-order valence-electron chi connectivity index (χ4n) is 4.22. The Labute approximate surface area is 213 Å². The second-order valence-corrected chi connectivity index (χ2v) is 9.47. The first-order chi connectivity index (χ1) is 17.3. The van der Waals surface area contributed by atoms with E-state index in [1.807, 2.05) is 63.2 Å². The Bertz CT molecular complexity index is 1270. The van der Waals surface area contributed by atoms with E-state index in [9.17, 15) is 9.59 Å². The van der Waals surface area contributed by atoms with Crippen LogP contribution in [0.3, 0.4) is 0 Å². The van der Waals surface area contributed by atoms with E-state index in [2.05, 4.69) is 13.8 Å². The van der Waals surface area contributed by atoms with Crippen molar-refractivity contribution in [1.29, 1.82) is 0 Å². The maximum atomic E-state index is 13.9. The van der Waals surface area contributed by atoms with Crippen molar-refractivity contribution in [3.63, 3.8) is 0 Å². The molecule has 3 aromatic rings. The lowest BCUT2D eigenvalue weighted by Gasteiger charge is -2.29. The second kappa shape index (κ2) is 10.8. The maximum absolute atomic E-state index is 13.9. The molecule has 0 N–H and O–H groups in total. The Morgan fingerprint density at radius 3 is 2.31 bits per heavy atom. The summed E-state index contributed by atoms with van der Waals surface area (Å²) in [5, 5.41) is 6.46. The standard InChI is InChI=1S/C30H33N3O3/c1-6-21(4)29-26-17-28(36-19-24-10-8-7-9-11-24)22(5)16-27(26)32(30(35)33(31-29)20(2)3)25-14-12-23(18-34)13-15-25/h7-18,20-21H,6,19H2,1-5H3. The maximum Gasteiger partial charge on any atom is 0.349 e. The van der Waals surface area contributed by atoms with Crippen LogP contribution in [0.5, 0.6) is 5.75 Å². The summed E-state index contributed by atoms with van der Waals surface area (Å²) >= 11 is 0. The van der Waals surface area contributed by atoms with Crippen molar-refractivity contribution in [3.8, 4) is 5.75 Å². The summed E-state index contributed by atoms with van der Waals surface area (Å²) in [6.45, 7) is 10.6. The van der Waals surface area contributed by atoms with Crippen molar-refractivity contribution < 1.29 is 14.3 Å². The number of fused-ring (bicyclic) bond motifs is 1. The third-order valence-corrected chi connectivity index (χ3v) is 6.51. The molecule has 1 unspecified atom stereocenters. The van der Waals surface area contributed by atoms with E-state index in [1.54, 1.807) is 34.2 Å². The van der Waals surface area contributed by atoms with Gasteiger partial charge in [-0.3, -0.25) is 9.69 Å². The molecule has 36 heavy (non-hydrogen) atoms. The van der Waals surface area contributed by atoms with E-state index in [-0.39, 0.29) is 18.0 Å². The van der Waals surface area contributed by atoms with Gasteiger partial charge in [0, 0.05) is 17.0 Å². The highest BCUT2D eigenvalue weighted by Gasteiger charge is 2.34. The molecule has 0 bridgehead atoms.